The second kappa shape index (κ2) is 6.55. The molecule has 0 radical (unpaired) electrons. The third-order valence-electron chi connectivity index (χ3n) is 2.43. The molecule has 0 aromatic carbocycles. The van der Waals surface area contributed by atoms with Gasteiger partial charge < -0.3 is 10.8 Å². The molecule has 8 heteroatoms. The van der Waals surface area contributed by atoms with Gasteiger partial charge in [0.05, 0.1) is 11.5 Å². The molecule has 0 rings (SSSR count). The summed E-state index contributed by atoms with van der Waals surface area (Å²) >= 11 is 0. The van der Waals surface area contributed by atoms with Crippen LogP contribution in [0.5, 0.6) is 0 Å². The van der Waals surface area contributed by atoms with Crippen LogP contribution in [0.4, 0.5) is 0 Å². The number of primary amides is 1. The molecule has 17 heavy (non-hydrogen) atoms. The van der Waals surface area contributed by atoms with Gasteiger partial charge in [-0.05, 0) is 14.0 Å². The molecule has 0 fully saturated rings. The van der Waals surface area contributed by atoms with Gasteiger partial charge >= 0.3 is 5.97 Å². The van der Waals surface area contributed by atoms with Gasteiger partial charge in [0, 0.05) is 13.0 Å². The zero-order valence-electron chi connectivity index (χ0n) is 9.92. The van der Waals surface area contributed by atoms with Crippen LogP contribution in [0.15, 0.2) is 0 Å². The van der Waals surface area contributed by atoms with Crippen molar-refractivity contribution in [3.8, 4) is 0 Å². The van der Waals surface area contributed by atoms with E-state index in [2.05, 4.69) is 0 Å². The third-order valence-corrected chi connectivity index (χ3v) is 4.06. The molecule has 0 aliphatic rings. The van der Waals surface area contributed by atoms with Gasteiger partial charge in [-0.1, -0.05) is 0 Å². The summed E-state index contributed by atoms with van der Waals surface area (Å²) in [6.45, 7) is 1.58. The van der Waals surface area contributed by atoms with E-state index in [9.17, 15) is 18.0 Å². The number of sulfone groups is 1. The first-order valence-electron chi connectivity index (χ1n) is 5.07. The second-order valence-corrected chi connectivity index (χ2v) is 6.17. The van der Waals surface area contributed by atoms with Crippen LogP contribution >= 0.6 is 0 Å². The number of amides is 1. The fourth-order valence-corrected chi connectivity index (χ4v) is 2.31. The van der Waals surface area contributed by atoms with Crippen molar-refractivity contribution >= 4 is 21.7 Å². The molecule has 0 aromatic rings. The molecule has 1 unspecified atom stereocenters. The molecule has 100 valence electrons. The Kier molecular flexibility index (Phi) is 6.11. The largest absolute Gasteiger partial charge is 0.480 e. The molecule has 0 aliphatic heterocycles. The van der Waals surface area contributed by atoms with E-state index in [1.807, 2.05) is 0 Å². The van der Waals surface area contributed by atoms with Gasteiger partial charge in [0.15, 0.2) is 9.84 Å². The lowest BCUT2D eigenvalue weighted by atomic mass is 10.3. The van der Waals surface area contributed by atoms with Gasteiger partial charge in [0.2, 0.25) is 5.91 Å². The maximum Gasteiger partial charge on any atom is 0.320 e. The average molecular weight is 266 g/mol. The summed E-state index contributed by atoms with van der Waals surface area (Å²) in [7, 11) is -1.84. The highest BCUT2D eigenvalue weighted by atomic mass is 32.2. The fraction of sp³-hybridized carbons (Fsp3) is 0.778. The molecule has 0 spiro atoms. The number of nitrogens with zero attached hydrogens (tertiary/aromatic N) is 1. The SMILES string of the molecule is CC(C(=O)O)N(C)CCS(=O)(=O)CCC(N)=O. The summed E-state index contributed by atoms with van der Waals surface area (Å²) in [6.07, 6.45) is -0.208. The first-order chi connectivity index (χ1) is 7.65. The van der Waals surface area contributed by atoms with E-state index >= 15 is 0 Å². The van der Waals surface area contributed by atoms with Crippen molar-refractivity contribution in [1.82, 2.24) is 4.90 Å². The molecular formula is C9H18N2O5S. The van der Waals surface area contributed by atoms with Crippen molar-refractivity contribution in [3.05, 3.63) is 0 Å². The molecule has 0 heterocycles. The Hall–Kier alpha value is -1.15. The highest BCUT2D eigenvalue weighted by Gasteiger charge is 2.19. The standard InChI is InChI=1S/C9H18N2O5S/c1-7(9(13)14)11(2)4-6-17(15,16)5-3-8(10)12/h7H,3-6H2,1-2H3,(H2,10,12)(H,13,14). The zero-order chi connectivity index (χ0) is 13.6. The van der Waals surface area contributed by atoms with Crippen molar-refractivity contribution in [3.63, 3.8) is 0 Å². The molecule has 1 amide bonds. The number of carboxylic acids is 1. The summed E-state index contributed by atoms with van der Waals surface area (Å²) in [5, 5.41) is 8.71. The number of likely N-dealkylation sites (N-methyl/N-ethyl adjacent to an activating group) is 1. The van der Waals surface area contributed by atoms with Crippen LogP contribution in [0, 0.1) is 0 Å². The van der Waals surface area contributed by atoms with Gasteiger partial charge in [-0.15, -0.1) is 0 Å². The molecule has 0 bridgehead atoms. The van der Waals surface area contributed by atoms with E-state index < -0.39 is 27.8 Å². The maximum absolute atomic E-state index is 11.5. The molecular weight excluding hydrogens is 248 g/mol. The Bertz CT molecular complexity index is 379. The first-order valence-corrected chi connectivity index (χ1v) is 6.89. The van der Waals surface area contributed by atoms with Crippen molar-refractivity contribution in [1.29, 1.82) is 0 Å². The van der Waals surface area contributed by atoms with Crippen LogP contribution in [-0.2, 0) is 19.4 Å². The minimum Gasteiger partial charge on any atom is -0.480 e. The monoisotopic (exact) mass is 266 g/mol. The van der Waals surface area contributed by atoms with E-state index in [1.54, 1.807) is 0 Å². The summed E-state index contributed by atoms with van der Waals surface area (Å²) in [5.41, 5.74) is 4.85. The van der Waals surface area contributed by atoms with E-state index in [1.165, 1.54) is 18.9 Å². The second-order valence-electron chi connectivity index (χ2n) is 3.86. The van der Waals surface area contributed by atoms with Crippen molar-refractivity contribution < 1.29 is 23.1 Å². The lowest BCUT2D eigenvalue weighted by Gasteiger charge is -2.20. The topological polar surface area (TPSA) is 118 Å². The van der Waals surface area contributed by atoms with Crippen molar-refractivity contribution in [2.75, 3.05) is 25.1 Å². The Labute approximate surface area is 101 Å². The average Bonchev–Trinajstić information content (AvgIpc) is 2.22. The van der Waals surface area contributed by atoms with E-state index in [4.69, 9.17) is 10.8 Å². The molecule has 3 N–H and O–H groups in total. The Morgan fingerprint density at radius 3 is 2.29 bits per heavy atom. The summed E-state index contributed by atoms with van der Waals surface area (Å²) < 4.78 is 22.9. The van der Waals surface area contributed by atoms with Crippen LogP contribution in [-0.4, -0.2) is 61.4 Å². The first kappa shape index (κ1) is 15.9. The van der Waals surface area contributed by atoms with Gasteiger partial charge in [0.25, 0.3) is 0 Å². The molecule has 0 aliphatic carbocycles. The normalized spacial score (nSPS) is 13.6. The van der Waals surface area contributed by atoms with Crippen molar-refractivity contribution in [2.45, 2.75) is 19.4 Å². The number of nitrogens with two attached hydrogens (primary N) is 1. The lowest BCUT2D eigenvalue weighted by molar-refractivity contribution is -0.142. The quantitative estimate of drug-likeness (QED) is 0.562. The minimum absolute atomic E-state index is 0.106. The summed E-state index contributed by atoms with van der Waals surface area (Å²) in [5.74, 6) is -2.16. The van der Waals surface area contributed by atoms with Crippen LogP contribution in [0.2, 0.25) is 0 Å². The van der Waals surface area contributed by atoms with Crippen LogP contribution in [0.25, 0.3) is 0 Å². The number of aliphatic carboxylic acids is 1. The Balaban J connectivity index is 4.18. The predicted octanol–water partition coefficient (Wildman–Crippen LogP) is -1.32. The minimum atomic E-state index is -3.37. The number of carboxylic acid groups (broad SMARTS) is 1. The third kappa shape index (κ3) is 6.90. The smallest absolute Gasteiger partial charge is 0.320 e. The molecule has 0 aromatic heterocycles. The van der Waals surface area contributed by atoms with Crippen LogP contribution < -0.4 is 5.73 Å². The molecule has 0 saturated heterocycles. The van der Waals surface area contributed by atoms with Crippen molar-refractivity contribution in [2.24, 2.45) is 5.73 Å². The number of hydrogen-bond donors (Lipinski definition) is 2. The Morgan fingerprint density at radius 1 is 1.35 bits per heavy atom. The molecule has 1 atom stereocenters. The lowest BCUT2D eigenvalue weighted by Crippen LogP contribution is -2.39. The van der Waals surface area contributed by atoms with E-state index in [0.29, 0.717) is 0 Å². The van der Waals surface area contributed by atoms with Gasteiger partial charge in [0.1, 0.15) is 6.04 Å². The number of hydrogen-bond acceptors (Lipinski definition) is 5. The maximum atomic E-state index is 11.5. The van der Waals surface area contributed by atoms with E-state index in [0.717, 1.165) is 0 Å². The van der Waals surface area contributed by atoms with Gasteiger partial charge in [-0.3, -0.25) is 14.5 Å². The number of rotatable bonds is 8. The Morgan fingerprint density at radius 2 is 1.88 bits per heavy atom. The summed E-state index contributed by atoms with van der Waals surface area (Å²) in [4.78, 5) is 22.5. The zero-order valence-corrected chi connectivity index (χ0v) is 10.7. The number of carbonyl (C=O) groups excluding carboxylic acids is 1. The predicted molar refractivity (Wildman–Crippen MR) is 62.2 cm³/mol. The highest BCUT2D eigenvalue weighted by Crippen LogP contribution is 1.99. The molecule has 0 saturated carbocycles. The summed E-state index contributed by atoms with van der Waals surface area (Å²) in [6, 6.07) is -0.749. The van der Waals surface area contributed by atoms with Crippen LogP contribution in [0.1, 0.15) is 13.3 Å². The van der Waals surface area contributed by atoms with Gasteiger partial charge in [-0.25, -0.2) is 8.42 Å². The van der Waals surface area contributed by atoms with Gasteiger partial charge in [-0.2, -0.15) is 0 Å². The fourth-order valence-electron chi connectivity index (χ4n) is 1.02. The highest BCUT2D eigenvalue weighted by molar-refractivity contribution is 7.91. The number of carbonyl (C=O) groups is 2. The molecule has 7 nitrogen and oxygen atoms in total. The van der Waals surface area contributed by atoms with E-state index in [-0.39, 0.29) is 24.5 Å². The van der Waals surface area contributed by atoms with Crippen LogP contribution in [0.3, 0.4) is 0 Å².